The molecule has 2 rings (SSSR count). The fourth-order valence-corrected chi connectivity index (χ4v) is 3.20. The zero-order valence-corrected chi connectivity index (χ0v) is 14.7. The number of carbonyl (C=O) groups is 1. The first kappa shape index (κ1) is 18.4. The number of nitrogens with two attached hydrogens (primary N) is 1. The molecule has 3 N–H and O–H groups in total. The van der Waals surface area contributed by atoms with Gasteiger partial charge in [-0.25, -0.2) is 4.79 Å². The fourth-order valence-electron chi connectivity index (χ4n) is 2.22. The molecule has 0 spiro atoms. The summed E-state index contributed by atoms with van der Waals surface area (Å²) in [7, 11) is 0. The van der Waals surface area contributed by atoms with Crippen LogP contribution in [0.3, 0.4) is 0 Å². The van der Waals surface area contributed by atoms with Gasteiger partial charge in [0.1, 0.15) is 11.4 Å². The maximum atomic E-state index is 12.3. The number of Topliss-reactive ketones (excluding diaryl/α,β-unsaturated/α-hetero) is 1. The van der Waals surface area contributed by atoms with Crippen LogP contribution in [-0.2, 0) is 12.3 Å². The second-order valence-corrected chi connectivity index (χ2v) is 6.64. The molecule has 1 aromatic carbocycles. The second kappa shape index (κ2) is 8.21. The quantitative estimate of drug-likeness (QED) is 0.732. The van der Waals surface area contributed by atoms with Crippen LogP contribution in [0.1, 0.15) is 29.3 Å². The summed E-state index contributed by atoms with van der Waals surface area (Å²) in [6.07, 6.45) is 0.662. The number of benzene rings is 1. The highest BCUT2D eigenvalue weighted by molar-refractivity contribution is 7.99. The van der Waals surface area contributed by atoms with Gasteiger partial charge in [0.15, 0.2) is 5.78 Å². The molecule has 0 aliphatic rings. The first-order chi connectivity index (χ1) is 11.4. The van der Waals surface area contributed by atoms with Crippen molar-refractivity contribution in [2.75, 3.05) is 11.5 Å². The van der Waals surface area contributed by atoms with Gasteiger partial charge in [-0.3, -0.25) is 19.1 Å². The molecule has 128 valence electrons. The van der Waals surface area contributed by atoms with E-state index in [9.17, 15) is 14.4 Å². The van der Waals surface area contributed by atoms with Crippen molar-refractivity contribution in [2.45, 2.75) is 25.6 Å². The van der Waals surface area contributed by atoms with Crippen molar-refractivity contribution in [3.8, 4) is 0 Å². The molecule has 6 nitrogen and oxygen atoms in total. The zero-order valence-electron chi connectivity index (χ0n) is 13.2. The smallest absolute Gasteiger partial charge is 0.329 e. The van der Waals surface area contributed by atoms with Crippen LogP contribution in [0, 0.1) is 0 Å². The number of rotatable bonds is 7. The zero-order chi connectivity index (χ0) is 17.7. The molecule has 0 fully saturated rings. The molecule has 0 aliphatic heterocycles. The van der Waals surface area contributed by atoms with Crippen molar-refractivity contribution in [1.29, 1.82) is 0 Å². The monoisotopic (exact) mass is 367 g/mol. The van der Waals surface area contributed by atoms with Crippen LogP contribution in [0.5, 0.6) is 0 Å². The number of halogens is 1. The molecule has 0 atom stereocenters. The van der Waals surface area contributed by atoms with E-state index in [-0.39, 0.29) is 17.1 Å². The van der Waals surface area contributed by atoms with Gasteiger partial charge in [-0.2, -0.15) is 0 Å². The Labute approximate surface area is 148 Å². The topological polar surface area (TPSA) is 97.9 Å². The number of thioether (sulfide) groups is 1. The van der Waals surface area contributed by atoms with Gasteiger partial charge in [-0.05, 0) is 24.1 Å². The lowest BCUT2D eigenvalue weighted by atomic mass is 10.2. The van der Waals surface area contributed by atoms with Gasteiger partial charge in [0.25, 0.3) is 5.56 Å². The van der Waals surface area contributed by atoms with Crippen LogP contribution >= 0.6 is 23.4 Å². The molecule has 0 unspecified atom stereocenters. The molecule has 1 heterocycles. The first-order valence-electron chi connectivity index (χ1n) is 7.42. The Kier molecular flexibility index (Phi) is 6.28. The Hall–Kier alpha value is -1.99. The number of nitrogen functional groups attached to an aromatic ring is 1. The summed E-state index contributed by atoms with van der Waals surface area (Å²) >= 11 is 7.19. The summed E-state index contributed by atoms with van der Waals surface area (Å²) in [6.45, 7) is 2.22. The molecule has 1 aromatic heterocycles. The summed E-state index contributed by atoms with van der Waals surface area (Å²) in [4.78, 5) is 38.2. The normalized spacial score (nSPS) is 10.8. The van der Waals surface area contributed by atoms with E-state index in [0.717, 1.165) is 5.56 Å². The molecule has 0 saturated carbocycles. The van der Waals surface area contributed by atoms with Crippen LogP contribution in [0.15, 0.2) is 33.9 Å². The Morgan fingerprint density at radius 3 is 2.58 bits per heavy atom. The van der Waals surface area contributed by atoms with Crippen LogP contribution in [0.25, 0.3) is 0 Å². The van der Waals surface area contributed by atoms with Gasteiger partial charge < -0.3 is 5.73 Å². The van der Waals surface area contributed by atoms with E-state index in [2.05, 4.69) is 4.98 Å². The molecular weight excluding hydrogens is 350 g/mol. The number of ketones is 1. The maximum Gasteiger partial charge on any atom is 0.329 e. The highest BCUT2D eigenvalue weighted by Crippen LogP contribution is 2.17. The SMILES string of the molecule is CCCn1c(N)c(C(=O)CSCc2ccc(Cl)cc2)c(=O)[nH]c1=O. The number of nitrogens with one attached hydrogen (secondary N) is 1. The molecule has 0 amide bonds. The van der Waals surface area contributed by atoms with E-state index in [4.69, 9.17) is 17.3 Å². The summed E-state index contributed by atoms with van der Waals surface area (Å²) in [5.41, 5.74) is 5.42. The molecule has 0 saturated heterocycles. The summed E-state index contributed by atoms with van der Waals surface area (Å²) in [6, 6.07) is 7.32. The molecule has 24 heavy (non-hydrogen) atoms. The van der Waals surface area contributed by atoms with Gasteiger partial charge in [0, 0.05) is 17.3 Å². The van der Waals surface area contributed by atoms with Gasteiger partial charge in [0.2, 0.25) is 0 Å². The van der Waals surface area contributed by atoms with E-state index in [1.807, 2.05) is 19.1 Å². The third kappa shape index (κ3) is 4.30. The number of carbonyl (C=O) groups excluding carboxylic acids is 1. The van der Waals surface area contributed by atoms with Crippen molar-refractivity contribution < 1.29 is 4.79 Å². The molecular formula is C16H18ClN3O3S. The number of hydrogen-bond acceptors (Lipinski definition) is 5. The van der Waals surface area contributed by atoms with E-state index >= 15 is 0 Å². The minimum atomic E-state index is -0.734. The lowest BCUT2D eigenvalue weighted by molar-refractivity contribution is 0.102. The Morgan fingerprint density at radius 1 is 1.29 bits per heavy atom. The highest BCUT2D eigenvalue weighted by Gasteiger charge is 2.18. The second-order valence-electron chi connectivity index (χ2n) is 5.21. The Morgan fingerprint density at radius 2 is 1.96 bits per heavy atom. The van der Waals surface area contributed by atoms with Crippen LogP contribution < -0.4 is 17.0 Å². The molecule has 0 radical (unpaired) electrons. The largest absolute Gasteiger partial charge is 0.384 e. The number of aromatic amines is 1. The van der Waals surface area contributed by atoms with E-state index in [1.165, 1.54) is 16.3 Å². The number of hydrogen-bond donors (Lipinski definition) is 2. The van der Waals surface area contributed by atoms with Crippen molar-refractivity contribution in [1.82, 2.24) is 9.55 Å². The van der Waals surface area contributed by atoms with Gasteiger partial charge in [-0.15, -0.1) is 11.8 Å². The molecule has 2 aromatic rings. The van der Waals surface area contributed by atoms with Gasteiger partial charge in [0.05, 0.1) is 5.75 Å². The predicted molar refractivity (Wildman–Crippen MR) is 98.0 cm³/mol. The standard InChI is InChI=1S/C16H18ClN3O3S/c1-2-7-20-14(18)13(15(22)19-16(20)23)12(21)9-24-8-10-3-5-11(17)6-4-10/h3-6H,2,7-9,18H2,1H3,(H,19,22,23). The van der Waals surface area contributed by atoms with E-state index in [1.54, 1.807) is 12.1 Å². The van der Waals surface area contributed by atoms with Crippen LogP contribution in [-0.4, -0.2) is 21.1 Å². The number of anilines is 1. The minimum Gasteiger partial charge on any atom is -0.384 e. The van der Waals surface area contributed by atoms with Crippen molar-refractivity contribution in [2.24, 2.45) is 0 Å². The van der Waals surface area contributed by atoms with Crippen molar-refractivity contribution >= 4 is 35.0 Å². The van der Waals surface area contributed by atoms with E-state index in [0.29, 0.717) is 23.7 Å². The first-order valence-corrected chi connectivity index (χ1v) is 8.95. The lowest BCUT2D eigenvalue weighted by Crippen LogP contribution is -2.36. The third-order valence-electron chi connectivity index (χ3n) is 3.38. The molecule has 0 bridgehead atoms. The third-order valence-corrected chi connectivity index (χ3v) is 4.64. The van der Waals surface area contributed by atoms with Gasteiger partial charge >= 0.3 is 5.69 Å². The number of nitrogens with zero attached hydrogens (tertiary/aromatic N) is 1. The highest BCUT2D eigenvalue weighted by atomic mass is 35.5. The lowest BCUT2D eigenvalue weighted by Gasteiger charge is -2.11. The minimum absolute atomic E-state index is 0.0670. The molecule has 0 aliphatic carbocycles. The van der Waals surface area contributed by atoms with Crippen LogP contribution in [0.4, 0.5) is 5.82 Å². The van der Waals surface area contributed by atoms with Crippen LogP contribution in [0.2, 0.25) is 5.02 Å². The Balaban J connectivity index is 2.12. The summed E-state index contributed by atoms with van der Waals surface area (Å²) in [5, 5.41) is 0.650. The number of aromatic nitrogens is 2. The van der Waals surface area contributed by atoms with E-state index < -0.39 is 17.0 Å². The number of H-pyrrole nitrogens is 1. The average Bonchev–Trinajstić information content (AvgIpc) is 2.53. The predicted octanol–water partition coefficient (Wildman–Crippen LogP) is 2.30. The average molecular weight is 368 g/mol. The molecule has 8 heteroatoms. The maximum absolute atomic E-state index is 12.3. The summed E-state index contributed by atoms with van der Waals surface area (Å²) in [5.74, 6) is 0.246. The van der Waals surface area contributed by atoms with Crippen molar-refractivity contribution in [3.05, 3.63) is 61.3 Å². The Bertz CT molecular complexity index is 843. The van der Waals surface area contributed by atoms with Gasteiger partial charge in [-0.1, -0.05) is 30.7 Å². The summed E-state index contributed by atoms with van der Waals surface area (Å²) < 4.78 is 1.22. The fraction of sp³-hybridized carbons (Fsp3) is 0.312. The van der Waals surface area contributed by atoms with Crippen molar-refractivity contribution in [3.63, 3.8) is 0 Å².